The molecule has 0 saturated heterocycles. The Balaban J connectivity index is 0.992. The van der Waals surface area contributed by atoms with Crippen molar-refractivity contribution in [2.45, 2.75) is 99.7 Å². The van der Waals surface area contributed by atoms with Crippen molar-refractivity contribution in [3.05, 3.63) is 219 Å². The Kier molecular flexibility index (Phi) is 7.43. The maximum Gasteiger partial charge on any atom is 0.0726 e. The van der Waals surface area contributed by atoms with Crippen molar-refractivity contribution in [3.8, 4) is 44.5 Å². The lowest BCUT2D eigenvalue weighted by atomic mass is 9.60. The van der Waals surface area contributed by atoms with Crippen molar-refractivity contribution in [1.29, 1.82) is 0 Å². The molecule has 0 atom stereocenters. The smallest absolute Gasteiger partial charge is 0.0726 e. The first-order valence-electron chi connectivity index (χ1n) is 24.8. The van der Waals surface area contributed by atoms with E-state index in [2.05, 4.69) is 183 Å². The SMILES string of the molecule is CC1(C)c2ccccc2-c2ccc(-c3ccc(N(c4cccc5c4-c4ccccc4C54c5ccccc5-c5ccccc54)c4c5c(cc6c4C4CCC6CC4)C4CCC5CC4)cc3)cc21. The van der Waals surface area contributed by atoms with Gasteiger partial charge in [0.1, 0.15) is 0 Å². The molecular weight excluding hydrogens is 783 g/mol. The number of anilines is 3. The first-order chi connectivity index (χ1) is 32.0. The summed E-state index contributed by atoms with van der Waals surface area (Å²) in [4.78, 5) is 2.84. The zero-order chi connectivity index (χ0) is 42.8. The third-order valence-corrected chi connectivity index (χ3v) is 18.1. The van der Waals surface area contributed by atoms with Gasteiger partial charge in [-0.3, -0.25) is 0 Å². The van der Waals surface area contributed by atoms with Crippen LogP contribution in [0.5, 0.6) is 0 Å². The standard InChI is InChI=1S/C64H53N/c1-63(2)52-16-7-3-12-45(52)48-35-32-43(36-57(48)63)38-30-33-44(34-31-38)65(62-59-41-26-22-39(23-27-41)50(59)37-51-40-24-28-42(29-25-40)60(51)62)58-21-11-20-56-61(58)49-15-6-10-19-55(49)64(56)53-17-8-4-13-46(53)47-14-5-9-18-54(47)64/h3-21,30-37,39-42H,22-29H2,1-2H3. The summed E-state index contributed by atoms with van der Waals surface area (Å²) in [5, 5.41) is 0. The lowest BCUT2D eigenvalue weighted by Gasteiger charge is -2.48. The Bertz CT molecular complexity index is 3240. The second-order valence-electron chi connectivity index (χ2n) is 21.2. The van der Waals surface area contributed by atoms with Crippen molar-refractivity contribution in [2.24, 2.45) is 0 Å². The van der Waals surface area contributed by atoms with Gasteiger partial charge >= 0.3 is 0 Å². The molecule has 65 heavy (non-hydrogen) atoms. The number of hydrogen-bond donors (Lipinski definition) is 0. The van der Waals surface area contributed by atoms with Gasteiger partial charge in [0.15, 0.2) is 0 Å². The highest BCUT2D eigenvalue weighted by atomic mass is 15.2. The van der Waals surface area contributed by atoms with E-state index in [0.717, 1.165) is 0 Å². The van der Waals surface area contributed by atoms with Gasteiger partial charge in [0.05, 0.1) is 16.8 Å². The third-order valence-electron chi connectivity index (χ3n) is 18.1. The molecule has 4 bridgehead atoms. The van der Waals surface area contributed by atoms with Crippen LogP contribution in [-0.2, 0) is 10.8 Å². The van der Waals surface area contributed by atoms with E-state index in [4.69, 9.17) is 0 Å². The number of benzene rings is 8. The Morgan fingerprint density at radius 2 is 0.846 bits per heavy atom. The minimum absolute atomic E-state index is 0.0371. The summed E-state index contributed by atoms with van der Waals surface area (Å²) in [6, 6.07) is 64.2. The summed E-state index contributed by atoms with van der Waals surface area (Å²) in [6.07, 6.45) is 10.6. The predicted molar refractivity (Wildman–Crippen MR) is 268 cm³/mol. The summed E-state index contributed by atoms with van der Waals surface area (Å²) in [6.45, 7) is 4.79. The lowest BCUT2D eigenvalue weighted by Crippen LogP contribution is -2.31. The van der Waals surface area contributed by atoms with Crippen LogP contribution in [0.4, 0.5) is 17.1 Å². The van der Waals surface area contributed by atoms with Crippen LogP contribution in [-0.4, -0.2) is 0 Å². The largest absolute Gasteiger partial charge is 0.309 e. The van der Waals surface area contributed by atoms with Crippen LogP contribution in [0.15, 0.2) is 164 Å². The fourth-order valence-corrected chi connectivity index (χ4v) is 15.3. The van der Waals surface area contributed by atoms with Crippen LogP contribution in [0.2, 0.25) is 0 Å². The average Bonchev–Trinajstić information content (AvgIpc) is 3.93. The molecule has 9 aliphatic rings. The van der Waals surface area contributed by atoms with Crippen LogP contribution < -0.4 is 4.90 Å². The van der Waals surface area contributed by atoms with Gasteiger partial charge in [0, 0.05) is 16.7 Å². The summed E-state index contributed by atoms with van der Waals surface area (Å²) in [5.74, 6) is 2.58. The summed E-state index contributed by atoms with van der Waals surface area (Å²) < 4.78 is 0. The van der Waals surface area contributed by atoms with E-state index in [1.165, 1.54) is 141 Å². The van der Waals surface area contributed by atoms with Gasteiger partial charge in [0.2, 0.25) is 0 Å². The van der Waals surface area contributed by atoms with Crippen molar-refractivity contribution >= 4 is 17.1 Å². The minimum atomic E-state index is -0.390. The average molecular weight is 836 g/mol. The van der Waals surface area contributed by atoms with Crippen LogP contribution in [0.3, 0.4) is 0 Å². The molecule has 0 N–H and O–H groups in total. The second kappa shape index (κ2) is 13.1. The van der Waals surface area contributed by atoms with E-state index < -0.39 is 0 Å². The Morgan fingerprint density at radius 3 is 1.45 bits per heavy atom. The molecule has 17 rings (SSSR count). The highest BCUT2D eigenvalue weighted by Gasteiger charge is 2.53. The van der Waals surface area contributed by atoms with Gasteiger partial charge in [-0.25, -0.2) is 0 Å². The maximum absolute atomic E-state index is 2.84. The quantitative estimate of drug-likeness (QED) is 0.171. The summed E-state index contributed by atoms with van der Waals surface area (Å²) in [5.41, 5.74) is 29.8. The minimum Gasteiger partial charge on any atom is -0.309 e. The van der Waals surface area contributed by atoms with Gasteiger partial charge < -0.3 is 4.90 Å². The second-order valence-corrected chi connectivity index (χ2v) is 21.2. The monoisotopic (exact) mass is 835 g/mol. The zero-order valence-corrected chi connectivity index (χ0v) is 37.5. The van der Waals surface area contributed by atoms with Crippen LogP contribution in [0, 0.1) is 0 Å². The molecule has 1 heteroatoms. The Hall–Kier alpha value is -6.44. The summed E-state index contributed by atoms with van der Waals surface area (Å²) >= 11 is 0. The first-order valence-corrected chi connectivity index (χ1v) is 24.8. The molecule has 0 aromatic heterocycles. The molecule has 0 aliphatic heterocycles. The van der Waals surface area contributed by atoms with Gasteiger partial charge in [-0.05, 0) is 194 Å². The zero-order valence-electron chi connectivity index (χ0n) is 37.5. The fraction of sp³-hybridized carbons (Fsp3) is 0.250. The van der Waals surface area contributed by atoms with E-state index in [-0.39, 0.29) is 10.8 Å². The molecular formula is C64H53N. The van der Waals surface area contributed by atoms with Gasteiger partial charge in [0.25, 0.3) is 0 Å². The van der Waals surface area contributed by atoms with Crippen LogP contribution in [0.25, 0.3) is 44.5 Å². The molecule has 0 unspecified atom stereocenters. The number of rotatable bonds is 4. The molecule has 0 amide bonds. The third kappa shape index (κ3) is 4.69. The van der Waals surface area contributed by atoms with Crippen LogP contribution >= 0.6 is 0 Å². The van der Waals surface area contributed by atoms with Gasteiger partial charge in [-0.2, -0.15) is 0 Å². The Labute approximate surface area is 383 Å². The van der Waals surface area contributed by atoms with E-state index in [1.807, 2.05) is 0 Å². The molecule has 0 heterocycles. The maximum atomic E-state index is 2.84. The van der Waals surface area contributed by atoms with E-state index in [0.29, 0.717) is 23.7 Å². The molecule has 8 aromatic rings. The van der Waals surface area contributed by atoms with Gasteiger partial charge in [-0.15, -0.1) is 0 Å². The molecule has 314 valence electrons. The number of hydrogen-bond acceptors (Lipinski definition) is 1. The number of nitrogens with zero attached hydrogens (tertiary/aromatic N) is 1. The predicted octanol–water partition coefficient (Wildman–Crippen LogP) is 17.0. The van der Waals surface area contributed by atoms with Crippen molar-refractivity contribution in [3.63, 3.8) is 0 Å². The molecule has 2 saturated carbocycles. The molecule has 9 aliphatic carbocycles. The van der Waals surface area contributed by atoms with Crippen molar-refractivity contribution < 1.29 is 0 Å². The topological polar surface area (TPSA) is 3.24 Å². The summed E-state index contributed by atoms with van der Waals surface area (Å²) in [7, 11) is 0. The van der Waals surface area contributed by atoms with Crippen molar-refractivity contribution in [2.75, 3.05) is 4.90 Å². The molecule has 1 spiro atoms. The highest BCUT2D eigenvalue weighted by molar-refractivity contribution is 6.02. The normalized spacial score (nSPS) is 22.1. The highest BCUT2D eigenvalue weighted by Crippen LogP contribution is 2.67. The lowest BCUT2D eigenvalue weighted by molar-refractivity contribution is 0.342. The molecule has 8 aromatic carbocycles. The van der Waals surface area contributed by atoms with Crippen LogP contribution in [0.1, 0.15) is 145 Å². The van der Waals surface area contributed by atoms with Crippen molar-refractivity contribution in [1.82, 2.24) is 0 Å². The molecule has 2 fully saturated rings. The molecule has 0 radical (unpaired) electrons. The molecule has 1 nitrogen and oxygen atoms in total. The van der Waals surface area contributed by atoms with E-state index in [9.17, 15) is 0 Å². The first kappa shape index (κ1) is 36.9. The number of fused-ring (bicyclic) bond motifs is 17. The Morgan fingerprint density at radius 1 is 0.385 bits per heavy atom. The van der Waals surface area contributed by atoms with E-state index in [1.54, 1.807) is 27.9 Å². The van der Waals surface area contributed by atoms with Gasteiger partial charge in [-0.1, -0.05) is 153 Å². The fourth-order valence-electron chi connectivity index (χ4n) is 15.3. The van der Waals surface area contributed by atoms with E-state index >= 15 is 0 Å².